The lowest BCUT2D eigenvalue weighted by molar-refractivity contribution is -0.139. The van der Waals surface area contributed by atoms with E-state index in [1.54, 1.807) is 25.1 Å². The topological polar surface area (TPSA) is 86.8 Å². The monoisotopic (exact) mass is 533 g/mol. The molecule has 2 rings (SSSR count). The molecule has 0 saturated carbocycles. The van der Waals surface area contributed by atoms with E-state index in [2.05, 4.69) is 5.32 Å². The van der Waals surface area contributed by atoms with E-state index in [-0.39, 0.29) is 24.2 Å². The second-order valence-electron chi connectivity index (χ2n) is 7.86. The molecule has 7 nitrogen and oxygen atoms in total. The number of hydrogen-bond acceptors (Lipinski definition) is 4. The molecule has 11 heteroatoms. The van der Waals surface area contributed by atoms with Crippen molar-refractivity contribution in [2.45, 2.75) is 39.4 Å². The Kier molecular flexibility index (Phi) is 9.43. The van der Waals surface area contributed by atoms with Gasteiger partial charge in [0.05, 0.1) is 22.0 Å². The van der Waals surface area contributed by atoms with Crippen LogP contribution >= 0.6 is 34.8 Å². The Bertz CT molecular complexity index is 1110. The summed E-state index contributed by atoms with van der Waals surface area (Å²) in [6, 6.07) is 9.96. The number of anilines is 1. The minimum atomic E-state index is -3.81. The maximum absolute atomic E-state index is 13.4. The zero-order valence-electron chi connectivity index (χ0n) is 18.7. The summed E-state index contributed by atoms with van der Waals surface area (Å²) in [4.78, 5) is 27.4. The highest BCUT2D eigenvalue weighted by molar-refractivity contribution is 7.92. The van der Waals surface area contributed by atoms with E-state index in [1.165, 1.54) is 29.2 Å². The summed E-state index contributed by atoms with van der Waals surface area (Å²) in [6.45, 7) is 4.73. The normalized spacial score (nSPS) is 12.4. The molecular weight excluding hydrogens is 509 g/mol. The van der Waals surface area contributed by atoms with E-state index < -0.39 is 28.5 Å². The lowest BCUT2D eigenvalue weighted by atomic mass is 10.1. The molecule has 1 N–H and O–H groups in total. The third kappa shape index (κ3) is 7.78. The molecule has 1 atom stereocenters. The number of rotatable bonds is 9. The summed E-state index contributed by atoms with van der Waals surface area (Å²) < 4.78 is 25.9. The Morgan fingerprint density at radius 2 is 1.58 bits per heavy atom. The van der Waals surface area contributed by atoms with Crippen molar-refractivity contribution in [3.05, 3.63) is 63.1 Å². The van der Waals surface area contributed by atoms with Crippen molar-refractivity contribution in [2.75, 3.05) is 17.1 Å². The number of hydrogen-bond donors (Lipinski definition) is 1. The van der Waals surface area contributed by atoms with Gasteiger partial charge >= 0.3 is 0 Å². The number of benzene rings is 2. The van der Waals surface area contributed by atoms with Crippen molar-refractivity contribution >= 4 is 62.3 Å². The summed E-state index contributed by atoms with van der Waals surface area (Å²) in [7, 11) is -3.81. The maximum Gasteiger partial charge on any atom is 0.244 e. The standard InChI is InChI=1S/C22H26Cl3N3O4S/c1-14(2)26-22(30)15(3)27(12-16-5-10-19(24)20(25)11-16)21(29)13-28(33(4,31)32)18-8-6-17(23)7-9-18/h5-11,14-15H,12-13H2,1-4H3,(H,26,30)/t15-/m0/s1. The van der Waals surface area contributed by atoms with Crippen molar-refractivity contribution in [3.8, 4) is 0 Å². The molecule has 2 aromatic carbocycles. The van der Waals surface area contributed by atoms with Crippen LogP contribution in [-0.4, -0.2) is 50.0 Å². The van der Waals surface area contributed by atoms with Gasteiger partial charge in [0.2, 0.25) is 21.8 Å². The van der Waals surface area contributed by atoms with Gasteiger partial charge in [-0.3, -0.25) is 13.9 Å². The van der Waals surface area contributed by atoms with Crippen LogP contribution in [0.25, 0.3) is 0 Å². The van der Waals surface area contributed by atoms with Gasteiger partial charge in [-0.2, -0.15) is 0 Å². The Balaban J connectivity index is 2.40. The second kappa shape index (κ2) is 11.4. The van der Waals surface area contributed by atoms with Crippen LogP contribution in [-0.2, 0) is 26.2 Å². The van der Waals surface area contributed by atoms with Gasteiger partial charge in [0.1, 0.15) is 12.6 Å². The zero-order valence-corrected chi connectivity index (χ0v) is 21.8. The fourth-order valence-electron chi connectivity index (χ4n) is 3.04. The van der Waals surface area contributed by atoms with Crippen molar-refractivity contribution in [1.82, 2.24) is 10.2 Å². The maximum atomic E-state index is 13.4. The molecule has 0 aliphatic heterocycles. The highest BCUT2D eigenvalue weighted by Crippen LogP contribution is 2.25. The van der Waals surface area contributed by atoms with Gasteiger partial charge in [-0.25, -0.2) is 8.42 Å². The predicted molar refractivity (Wildman–Crippen MR) is 133 cm³/mol. The fraction of sp³-hybridized carbons (Fsp3) is 0.364. The first-order valence-electron chi connectivity index (χ1n) is 10.1. The Morgan fingerprint density at radius 1 is 0.970 bits per heavy atom. The lowest BCUT2D eigenvalue weighted by Crippen LogP contribution is -2.52. The van der Waals surface area contributed by atoms with Crippen LogP contribution in [0.15, 0.2) is 42.5 Å². The van der Waals surface area contributed by atoms with E-state index in [1.807, 2.05) is 13.8 Å². The Hall–Kier alpha value is -2.00. The molecule has 0 unspecified atom stereocenters. The largest absolute Gasteiger partial charge is 0.352 e. The first kappa shape index (κ1) is 27.2. The van der Waals surface area contributed by atoms with Gasteiger partial charge < -0.3 is 10.2 Å². The molecule has 0 aromatic heterocycles. The Labute approximate surface area is 209 Å². The zero-order chi connectivity index (χ0) is 24.9. The average molecular weight is 535 g/mol. The predicted octanol–water partition coefficient (Wildman–Crippen LogP) is 4.35. The van der Waals surface area contributed by atoms with E-state index in [4.69, 9.17) is 34.8 Å². The van der Waals surface area contributed by atoms with Crippen molar-refractivity contribution in [2.24, 2.45) is 0 Å². The third-order valence-corrected chi connectivity index (χ3v) is 6.86. The van der Waals surface area contributed by atoms with Crippen LogP contribution in [0.4, 0.5) is 5.69 Å². The van der Waals surface area contributed by atoms with E-state index in [0.29, 0.717) is 20.6 Å². The molecule has 2 amide bonds. The summed E-state index contributed by atoms with van der Waals surface area (Å²) in [5, 5.41) is 3.87. The van der Waals surface area contributed by atoms with E-state index >= 15 is 0 Å². The molecule has 33 heavy (non-hydrogen) atoms. The first-order valence-corrected chi connectivity index (χ1v) is 13.0. The smallest absolute Gasteiger partial charge is 0.244 e. The number of carbonyl (C=O) groups is 2. The van der Waals surface area contributed by atoms with Gasteiger partial charge in [0, 0.05) is 17.6 Å². The molecule has 0 radical (unpaired) electrons. The number of sulfonamides is 1. The second-order valence-corrected chi connectivity index (χ2v) is 11.0. The van der Waals surface area contributed by atoms with Crippen LogP contribution in [0.2, 0.25) is 15.1 Å². The number of nitrogens with zero attached hydrogens (tertiary/aromatic N) is 2. The van der Waals surface area contributed by atoms with Crippen molar-refractivity contribution < 1.29 is 18.0 Å². The van der Waals surface area contributed by atoms with E-state index in [0.717, 1.165) is 10.6 Å². The summed E-state index contributed by atoms with van der Waals surface area (Å²) in [5.41, 5.74) is 0.920. The average Bonchev–Trinajstić information content (AvgIpc) is 2.71. The van der Waals surface area contributed by atoms with Crippen LogP contribution in [0.1, 0.15) is 26.3 Å². The third-order valence-electron chi connectivity index (χ3n) is 4.73. The van der Waals surface area contributed by atoms with Crippen LogP contribution in [0.3, 0.4) is 0 Å². The number of nitrogens with one attached hydrogen (secondary N) is 1. The van der Waals surface area contributed by atoms with Crippen molar-refractivity contribution in [3.63, 3.8) is 0 Å². The number of amides is 2. The molecular formula is C22H26Cl3N3O4S. The molecule has 0 aliphatic rings. The SMILES string of the molecule is CC(C)NC(=O)[C@H](C)N(Cc1ccc(Cl)c(Cl)c1)C(=O)CN(c1ccc(Cl)cc1)S(C)(=O)=O. The molecule has 2 aromatic rings. The fourth-order valence-corrected chi connectivity index (χ4v) is 4.34. The van der Waals surface area contributed by atoms with Gasteiger partial charge in [-0.1, -0.05) is 40.9 Å². The van der Waals surface area contributed by atoms with Gasteiger partial charge in [-0.15, -0.1) is 0 Å². The molecule has 0 fully saturated rings. The van der Waals surface area contributed by atoms with Gasteiger partial charge in [-0.05, 0) is 62.7 Å². The minimum Gasteiger partial charge on any atom is -0.352 e. The van der Waals surface area contributed by atoms with E-state index in [9.17, 15) is 18.0 Å². The minimum absolute atomic E-state index is 0.0284. The van der Waals surface area contributed by atoms with Gasteiger partial charge in [0.15, 0.2) is 0 Å². The first-order chi connectivity index (χ1) is 15.3. The number of halogens is 3. The van der Waals surface area contributed by atoms with Crippen LogP contribution in [0, 0.1) is 0 Å². The summed E-state index contributed by atoms with van der Waals surface area (Å²) in [5.74, 6) is -0.927. The molecule has 0 aliphatic carbocycles. The molecule has 0 heterocycles. The Morgan fingerprint density at radius 3 is 2.09 bits per heavy atom. The lowest BCUT2D eigenvalue weighted by Gasteiger charge is -2.32. The molecule has 0 bridgehead atoms. The van der Waals surface area contributed by atoms with Crippen LogP contribution in [0.5, 0.6) is 0 Å². The number of carbonyl (C=O) groups excluding carboxylic acids is 2. The van der Waals surface area contributed by atoms with Crippen molar-refractivity contribution in [1.29, 1.82) is 0 Å². The molecule has 180 valence electrons. The van der Waals surface area contributed by atoms with Crippen LogP contribution < -0.4 is 9.62 Å². The summed E-state index contributed by atoms with van der Waals surface area (Å²) in [6.07, 6.45) is 1.01. The highest BCUT2D eigenvalue weighted by Gasteiger charge is 2.30. The molecule has 0 spiro atoms. The summed E-state index contributed by atoms with van der Waals surface area (Å²) >= 11 is 18.0. The molecule has 0 saturated heterocycles. The quantitative estimate of drug-likeness (QED) is 0.518. The van der Waals surface area contributed by atoms with Gasteiger partial charge in [0.25, 0.3) is 0 Å². The highest BCUT2D eigenvalue weighted by atomic mass is 35.5.